The Morgan fingerprint density at radius 1 is 0.771 bits per heavy atom. The zero-order valence-corrected chi connectivity index (χ0v) is 21.8. The van der Waals surface area contributed by atoms with E-state index in [0.29, 0.717) is 11.5 Å². The minimum Gasteiger partial charge on any atom is -0.496 e. The molecule has 35 heavy (non-hydrogen) atoms. The molecule has 0 aliphatic carbocycles. The van der Waals surface area contributed by atoms with Crippen LogP contribution in [-0.4, -0.2) is 86.6 Å². The summed E-state index contributed by atoms with van der Waals surface area (Å²) in [5.41, 5.74) is 2.39. The van der Waals surface area contributed by atoms with E-state index in [2.05, 4.69) is 43.9 Å². The molecule has 0 bridgehead atoms. The van der Waals surface area contributed by atoms with Crippen LogP contribution in [0, 0.1) is 0 Å². The summed E-state index contributed by atoms with van der Waals surface area (Å²) in [6.07, 6.45) is 0. The number of rotatable bonds is 8. The summed E-state index contributed by atoms with van der Waals surface area (Å²) in [5.74, 6) is -0.704. The fourth-order valence-electron chi connectivity index (χ4n) is 3.70. The van der Waals surface area contributed by atoms with Gasteiger partial charge in [-0.05, 0) is 39.7 Å². The van der Waals surface area contributed by atoms with Gasteiger partial charge >= 0.3 is 11.9 Å². The summed E-state index contributed by atoms with van der Waals surface area (Å²) in [6.45, 7) is 5.84. The van der Waals surface area contributed by atoms with Crippen LogP contribution < -0.4 is 18.9 Å². The highest BCUT2D eigenvalue weighted by Gasteiger charge is 2.21. The summed E-state index contributed by atoms with van der Waals surface area (Å²) >= 11 is 3.57. The van der Waals surface area contributed by atoms with Crippen molar-refractivity contribution < 1.29 is 38.7 Å². The average Bonchev–Trinajstić information content (AvgIpc) is 2.85. The molecule has 0 aromatic heterocycles. The van der Waals surface area contributed by atoms with Gasteiger partial charge in [-0.1, -0.05) is 12.1 Å². The van der Waals surface area contributed by atoms with Gasteiger partial charge in [0.25, 0.3) is 0 Å². The number of carboxylic acid groups (broad SMARTS) is 2. The van der Waals surface area contributed by atoms with Crippen LogP contribution in [0.15, 0.2) is 34.8 Å². The molecule has 10 nitrogen and oxygen atoms in total. The molecule has 2 aromatic rings. The predicted molar refractivity (Wildman–Crippen MR) is 133 cm³/mol. The van der Waals surface area contributed by atoms with Gasteiger partial charge in [-0.15, -0.1) is 0 Å². The third-order valence-electron chi connectivity index (χ3n) is 5.45. The largest absolute Gasteiger partial charge is 0.496 e. The van der Waals surface area contributed by atoms with Crippen molar-refractivity contribution in [3.63, 3.8) is 0 Å². The van der Waals surface area contributed by atoms with E-state index in [4.69, 9.17) is 38.7 Å². The molecular weight excluding hydrogens is 524 g/mol. The highest BCUT2D eigenvalue weighted by atomic mass is 79.9. The van der Waals surface area contributed by atoms with Gasteiger partial charge in [0.2, 0.25) is 5.75 Å². The Bertz CT molecular complexity index is 997. The van der Waals surface area contributed by atoms with E-state index in [1.54, 1.807) is 28.4 Å². The molecule has 0 saturated carbocycles. The number of piperazine rings is 1. The van der Waals surface area contributed by atoms with Gasteiger partial charge in [-0.2, -0.15) is 0 Å². The number of halogens is 1. The third-order valence-corrected chi connectivity index (χ3v) is 6.07. The van der Waals surface area contributed by atoms with Crippen LogP contribution in [0.3, 0.4) is 0 Å². The van der Waals surface area contributed by atoms with Crippen molar-refractivity contribution in [3.05, 3.63) is 45.9 Å². The molecule has 0 spiro atoms. The Kier molecular flexibility index (Phi) is 11.1. The summed E-state index contributed by atoms with van der Waals surface area (Å²) in [7, 11) is 6.64. The maximum absolute atomic E-state index is 9.10. The van der Waals surface area contributed by atoms with Gasteiger partial charge in [0.15, 0.2) is 11.5 Å². The van der Waals surface area contributed by atoms with Crippen LogP contribution in [0.5, 0.6) is 23.0 Å². The Balaban J connectivity index is 0.000000641. The fourth-order valence-corrected chi connectivity index (χ4v) is 4.29. The highest BCUT2D eigenvalue weighted by molar-refractivity contribution is 9.10. The first-order chi connectivity index (χ1) is 16.7. The number of benzene rings is 2. The number of carboxylic acids is 2. The smallest absolute Gasteiger partial charge is 0.414 e. The molecule has 11 heteroatoms. The zero-order valence-electron chi connectivity index (χ0n) is 20.2. The molecule has 1 heterocycles. The average molecular weight is 555 g/mol. The summed E-state index contributed by atoms with van der Waals surface area (Å²) in [4.78, 5) is 23.1. The summed E-state index contributed by atoms with van der Waals surface area (Å²) in [5, 5.41) is 14.8. The van der Waals surface area contributed by atoms with E-state index in [1.807, 2.05) is 12.1 Å². The van der Waals surface area contributed by atoms with Gasteiger partial charge in [0.05, 0.1) is 32.9 Å². The zero-order chi connectivity index (χ0) is 26.0. The third kappa shape index (κ3) is 8.01. The van der Waals surface area contributed by atoms with Crippen LogP contribution >= 0.6 is 15.9 Å². The van der Waals surface area contributed by atoms with Crippen LogP contribution in [0.25, 0.3) is 0 Å². The second kappa shape index (κ2) is 13.8. The molecule has 1 saturated heterocycles. The number of aliphatic carboxylic acids is 2. The lowest BCUT2D eigenvalue weighted by atomic mass is 10.1. The topological polar surface area (TPSA) is 118 Å². The first kappa shape index (κ1) is 28.2. The van der Waals surface area contributed by atoms with Crippen molar-refractivity contribution >= 4 is 27.9 Å². The molecule has 0 atom stereocenters. The number of hydrogen-bond donors (Lipinski definition) is 2. The standard InChI is InChI=1S/C22H29BrN2O4.C2H2O4/c1-26-19-7-5-16(13-18(19)23)14-24-9-11-25(12-10-24)15-17-6-8-20(27-2)22(29-4)21(17)28-3;3-1(4)2(5)6/h5-8,13H,9-12,14-15H2,1-4H3;(H,3,4)(H,5,6). The molecule has 192 valence electrons. The second-order valence-electron chi connectivity index (χ2n) is 7.62. The van der Waals surface area contributed by atoms with Gasteiger partial charge in [-0.25, -0.2) is 9.59 Å². The molecule has 1 aliphatic rings. The molecule has 1 fully saturated rings. The van der Waals surface area contributed by atoms with Crippen molar-refractivity contribution in [2.24, 2.45) is 0 Å². The van der Waals surface area contributed by atoms with Crippen molar-refractivity contribution in [1.82, 2.24) is 9.80 Å². The minimum absolute atomic E-state index is 0.649. The van der Waals surface area contributed by atoms with E-state index in [-0.39, 0.29) is 0 Å². The lowest BCUT2D eigenvalue weighted by Crippen LogP contribution is -2.45. The number of carbonyl (C=O) groups is 2. The Morgan fingerprint density at radius 3 is 1.74 bits per heavy atom. The van der Waals surface area contributed by atoms with Gasteiger partial charge in [0.1, 0.15) is 5.75 Å². The number of hydrogen-bond acceptors (Lipinski definition) is 8. The first-order valence-electron chi connectivity index (χ1n) is 10.7. The highest BCUT2D eigenvalue weighted by Crippen LogP contribution is 2.40. The predicted octanol–water partition coefficient (Wildman–Crippen LogP) is 2.96. The molecule has 2 aromatic carbocycles. The van der Waals surface area contributed by atoms with Gasteiger partial charge < -0.3 is 29.2 Å². The van der Waals surface area contributed by atoms with Crippen molar-refractivity contribution in [1.29, 1.82) is 0 Å². The van der Waals surface area contributed by atoms with Crippen LogP contribution in [-0.2, 0) is 22.7 Å². The lowest BCUT2D eigenvalue weighted by molar-refractivity contribution is -0.159. The molecule has 3 rings (SSSR count). The summed E-state index contributed by atoms with van der Waals surface area (Å²) < 4.78 is 22.8. The lowest BCUT2D eigenvalue weighted by Gasteiger charge is -2.35. The monoisotopic (exact) mass is 554 g/mol. The normalized spacial score (nSPS) is 13.9. The fraction of sp³-hybridized carbons (Fsp3) is 0.417. The van der Waals surface area contributed by atoms with E-state index in [0.717, 1.165) is 60.8 Å². The molecule has 0 amide bonds. The van der Waals surface area contributed by atoms with Crippen LogP contribution in [0.4, 0.5) is 0 Å². The maximum Gasteiger partial charge on any atom is 0.414 e. The van der Waals surface area contributed by atoms with Crippen molar-refractivity contribution in [3.8, 4) is 23.0 Å². The van der Waals surface area contributed by atoms with E-state index in [1.165, 1.54) is 5.56 Å². The number of nitrogens with zero attached hydrogens (tertiary/aromatic N) is 2. The molecule has 1 aliphatic heterocycles. The summed E-state index contributed by atoms with van der Waals surface area (Å²) in [6, 6.07) is 10.3. The quantitative estimate of drug-likeness (QED) is 0.471. The van der Waals surface area contributed by atoms with Crippen LogP contribution in [0.2, 0.25) is 0 Å². The first-order valence-corrected chi connectivity index (χ1v) is 11.5. The van der Waals surface area contributed by atoms with E-state index in [9.17, 15) is 0 Å². The Hall–Kier alpha value is -3.02. The van der Waals surface area contributed by atoms with Gasteiger partial charge in [0, 0.05) is 44.8 Å². The minimum atomic E-state index is -1.82. The number of ether oxygens (including phenoxy) is 4. The molecule has 0 radical (unpaired) electrons. The van der Waals surface area contributed by atoms with Crippen LogP contribution in [0.1, 0.15) is 11.1 Å². The molecular formula is C24H31BrN2O8. The van der Waals surface area contributed by atoms with Crippen molar-refractivity contribution in [2.75, 3.05) is 54.6 Å². The molecule has 2 N–H and O–H groups in total. The molecule has 0 unspecified atom stereocenters. The SMILES string of the molecule is COc1ccc(CN2CCN(Cc3ccc(OC)c(OC)c3OC)CC2)cc1Br.O=C(O)C(=O)O. The Morgan fingerprint density at radius 2 is 1.29 bits per heavy atom. The maximum atomic E-state index is 9.10. The second-order valence-corrected chi connectivity index (χ2v) is 8.48. The van der Waals surface area contributed by atoms with E-state index >= 15 is 0 Å². The Labute approximate surface area is 213 Å². The van der Waals surface area contributed by atoms with E-state index < -0.39 is 11.9 Å². The number of methoxy groups -OCH3 is 4. The van der Waals surface area contributed by atoms with Crippen molar-refractivity contribution in [2.45, 2.75) is 13.1 Å². The van der Waals surface area contributed by atoms with Gasteiger partial charge in [-0.3, -0.25) is 9.80 Å².